The van der Waals surface area contributed by atoms with Crippen LogP contribution in [0.5, 0.6) is 0 Å². The van der Waals surface area contributed by atoms with Crippen LogP contribution in [0.2, 0.25) is 0 Å². The fraction of sp³-hybridized carbons (Fsp3) is 0.538. The van der Waals surface area contributed by atoms with Gasteiger partial charge in [0.2, 0.25) is 0 Å². The maximum Gasteiger partial charge on any atom is 0.391 e. The van der Waals surface area contributed by atoms with E-state index < -0.39 is 34.9 Å². The third-order valence-electron chi connectivity index (χ3n) is 3.70. The Morgan fingerprint density at radius 1 is 1.05 bits per heavy atom. The normalized spacial score (nSPS) is 28.4. The zero-order valence-electron chi connectivity index (χ0n) is 9.97. The molecule has 1 fully saturated rings. The zero-order valence-corrected chi connectivity index (χ0v) is 9.97. The van der Waals surface area contributed by atoms with Gasteiger partial charge in [-0.25, -0.2) is 8.78 Å². The molecule has 0 spiro atoms. The Bertz CT molecular complexity index is 440. The van der Waals surface area contributed by atoms with Crippen LogP contribution in [0, 0.1) is 17.6 Å². The molecule has 0 aliphatic heterocycles. The average molecular weight is 280 g/mol. The molecule has 0 unspecified atom stereocenters. The lowest BCUT2D eigenvalue weighted by Crippen LogP contribution is -2.37. The molecule has 1 saturated carbocycles. The molecule has 6 heteroatoms. The monoisotopic (exact) mass is 280 g/mol. The Balaban J connectivity index is 2.23. The lowest BCUT2D eigenvalue weighted by Gasteiger charge is -2.37. The van der Waals surface area contributed by atoms with Gasteiger partial charge in [-0.3, -0.25) is 0 Å². The minimum Gasteiger partial charge on any atom is -0.385 e. The van der Waals surface area contributed by atoms with Crippen LogP contribution in [0.3, 0.4) is 0 Å². The van der Waals surface area contributed by atoms with Crippen LogP contribution < -0.4 is 0 Å². The van der Waals surface area contributed by atoms with Gasteiger partial charge in [-0.1, -0.05) is 6.07 Å². The molecular weight excluding hydrogens is 267 g/mol. The van der Waals surface area contributed by atoms with Crippen LogP contribution in [-0.4, -0.2) is 11.3 Å². The molecule has 1 aromatic carbocycles. The molecule has 0 atom stereocenters. The van der Waals surface area contributed by atoms with Crippen LogP contribution in [0.4, 0.5) is 22.0 Å². The molecule has 1 N–H and O–H groups in total. The van der Waals surface area contributed by atoms with Gasteiger partial charge in [0.05, 0.1) is 17.1 Å². The standard InChI is InChI=1S/C13H13F5O/c14-9-2-1-3-10(15)11(9)12(19)6-4-8(5-7-12)13(16,17)18/h1-3,8,19H,4-7H2. The summed E-state index contributed by atoms with van der Waals surface area (Å²) < 4.78 is 64.8. The second-order valence-electron chi connectivity index (χ2n) is 4.94. The van der Waals surface area contributed by atoms with E-state index in [1.54, 1.807) is 0 Å². The van der Waals surface area contributed by atoms with Crippen LogP contribution in [0.15, 0.2) is 18.2 Å². The topological polar surface area (TPSA) is 20.2 Å². The molecule has 1 aromatic rings. The number of alkyl halides is 3. The van der Waals surface area contributed by atoms with E-state index >= 15 is 0 Å². The van der Waals surface area contributed by atoms with Crippen molar-refractivity contribution in [3.05, 3.63) is 35.4 Å². The summed E-state index contributed by atoms with van der Waals surface area (Å²) in [6, 6.07) is 3.14. The molecule has 106 valence electrons. The fourth-order valence-electron chi connectivity index (χ4n) is 2.62. The van der Waals surface area contributed by atoms with Gasteiger partial charge >= 0.3 is 6.18 Å². The molecule has 2 rings (SSSR count). The van der Waals surface area contributed by atoms with Crippen molar-refractivity contribution in [2.75, 3.05) is 0 Å². The molecule has 0 amide bonds. The summed E-state index contributed by atoms with van der Waals surface area (Å²) >= 11 is 0. The zero-order chi connectivity index (χ0) is 14.3. The molecule has 0 heterocycles. The highest BCUT2D eigenvalue weighted by Crippen LogP contribution is 2.46. The number of aliphatic hydroxyl groups is 1. The van der Waals surface area contributed by atoms with Crippen molar-refractivity contribution in [1.82, 2.24) is 0 Å². The maximum absolute atomic E-state index is 13.6. The predicted octanol–water partition coefficient (Wildman–Crippen LogP) is 3.90. The third kappa shape index (κ3) is 2.73. The fourth-order valence-corrected chi connectivity index (χ4v) is 2.62. The van der Waals surface area contributed by atoms with E-state index in [2.05, 4.69) is 0 Å². The van der Waals surface area contributed by atoms with E-state index in [-0.39, 0.29) is 25.7 Å². The molecule has 19 heavy (non-hydrogen) atoms. The van der Waals surface area contributed by atoms with Gasteiger partial charge in [0.25, 0.3) is 0 Å². The highest BCUT2D eigenvalue weighted by molar-refractivity contribution is 5.26. The van der Waals surface area contributed by atoms with Gasteiger partial charge in [-0.2, -0.15) is 13.2 Å². The summed E-state index contributed by atoms with van der Waals surface area (Å²) in [5.74, 6) is -3.36. The highest BCUT2D eigenvalue weighted by Gasteiger charge is 2.47. The number of hydrogen-bond acceptors (Lipinski definition) is 1. The van der Waals surface area contributed by atoms with Crippen molar-refractivity contribution in [3.63, 3.8) is 0 Å². The van der Waals surface area contributed by atoms with E-state index in [4.69, 9.17) is 0 Å². The summed E-state index contributed by atoms with van der Waals surface area (Å²) in [5.41, 5.74) is -2.37. The van der Waals surface area contributed by atoms with Crippen molar-refractivity contribution in [1.29, 1.82) is 0 Å². The van der Waals surface area contributed by atoms with Crippen LogP contribution in [-0.2, 0) is 5.60 Å². The first kappa shape index (κ1) is 14.2. The van der Waals surface area contributed by atoms with E-state index in [0.717, 1.165) is 18.2 Å². The number of benzene rings is 1. The Hall–Kier alpha value is -1.17. The summed E-state index contributed by atoms with van der Waals surface area (Å²) in [5, 5.41) is 10.2. The summed E-state index contributed by atoms with van der Waals surface area (Å²) in [6.45, 7) is 0. The van der Waals surface area contributed by atoms with Gasteiger partial charge in [-0.15, -0.1) is 0 Å². The van der Waals surface area contributed by atoms with Gasteiger partial charge < -0.3 is 5.11 Å². The Kier molecular flexibility index (Phi) is 3.55. The SMILES string of the molecule is OC1(c2c(F)cccc2F)CCC(C(F)(F)F)CC1. The molecule has 1 aliphatic rings. The third-order valence-corrected chi connectivity index (χ3v) is 3.70. The first-order valence-corrected chi connectivity index (χ1v) is 5.97. The van der Waals surface area contributed by atoms with Crippen molar-refractivity contribution in [2.24, 2.45) is 5.92 Å². The van der Waals surface area contributed by atoms with Crippen molar-refractivity contribution >= 4 is 0 Å². The summed E-state index contributed by atoms with van der Waals surface area (Å²) in [4.78, 5) is 0. The summed E-state index contributed by atoms with van der Waals surface area (Å²) in [6.07, 6.45) is -5.57. The highest BCUT2D eigenvalue weighted by atomic mass is 19.4. The average Bonchev–Trinajstić information content (AvgIpc) is 2.27. The van der Waals surface area contributed by atoms with E-state index in [9.17, 15) is 27.1 Å². The van der Waals surface area contributed by atoms with E-state index in [1.807, 2.05) is 0 Å². The molecule has 1 aliphatic carbocycles. The Morgan fingerprint density at radius 2 is 1.53 bits per heavy atom. The minimum absolute atomic E-state index is 0.297. The predicted molar refractivity (Wildman–Crippen MR) is 58.3 cm³/mol. The quantitative estimate of drug-likeness (QED) is 0.773. The molecule has 0 bridgehead atoms. The first-order chi connectivity index (χ1) is 8.74. The maximum atomic E-state index is 13.6. The second kappa shape index (κ2) is 4.74. The van der Waals surface area contributed by atoms with Crippen molar-refractivity contribution in [2.45, 2.75) is 37.5 Å². The van der Waals surface area contributed by atoms with Gasteiger partial charge in [0, 0.05) is 0 Å². The first-order valence-electron chi connectivity index (χ1n) is 5.97. The Morgan fingerprint density at radius 3 is 1.95 bits per heavy atom. The second-order valence-corrected chi connectivity index (χ2v) is 4.94. The lowest BCUT2D eigenvalue weighted by molar-refractivity contribution is -0.193. The number of hydrogen-bond donors (Lipinski definition) is 1. The lowest BCUT2D eigenvalue weighted by atomic mass is 9.74. The Labute approximate surface area is 107 Å². The largest absolute Gasteiger partial charge is 0.391 e. The number of rotatable bonds is 1. The summed E-state index contributed by atoms with van der Waals surface area (Å²) in [7, 11) is 0. The van der Waals surface area contributed by atoms with E-state index in [1.165, 1.54) is 0 Å². The molecule has 0 radical (unpaired) electrons. The number of halogens is 5. The van der Waals surface area contributed by atoms with Gasteiger partial charge in [-0.05, 0) is 37.8 Å². The molecule has 1 nitrogen and oxygen atoms in total. The van der Waals surface area contributed by atoms with Crippen LogP contribution >= 0.6 is 0 Å². The minimum atomic E-state index is -4.32. The van der Waals surface area contributed by atoms with E-state index in [0.29, 0.717) is 0 Å². The van der Waals surface area contributed by atoms with Gasteiger partial charge in [0.15, 0.2) is 0 Å². The van der Waals surface area contributed by atoms with Crippen molar-refractivity contribution in [3.8, 4) is 0 Å². The van der Waals surface area contributed by atoms with Crippen LogP contribution in [0.25, 0.3) is 0 Å². The molecule has 0 saturated heterocycles. The molecule has 0 aromatic heterocycles. The van der Waals surface area contributed by atoms with Crippen LogP contribution in [0.1, 0.15) is 31.2 Å². The molecular formula is C13H13F5O. The smallest absolute Gasteiger partial charge is 0.385 e. The van der Waals surface area contributed by atoms with Gasteiger partial charge in [0.1, 0.15) is 11.6 Å². The van der Waals surface area contributed by atoms with Crippen molar-refractivity contribution < 1.29 is 27.1 Å².